The molecule has 0 atom stereocenters. The Hall–Kier alpha value is -3.69. The van der Waals surface area contributed by atoms with Gasteiger partial charge in [-0.15, -0.1) is 0 Å². The normalized spacial score (nSPS) is 15.0. The van der Waals surface area contributed by atoms with Crippen molar-refractivity contribution in [2.24, 2.45) is 5.16 Å². The molecule has 1 aliphatic carbocycles. The Morgan fingerprint density at radius 1 is 0.625 bits per heavy atom. The van der Waals surface area contributed by atoms with Crippen molar-refractivity contribution in [2.45, 2.75) is 70.1 Å². The van der Waals surface area contributed by atoms with Gasteiger partial charge >= 0.3 is 5.97 Å². The maximum atomic E-state index is 12.2. The Bertz CT molecular complexity index is 1820. The van der Waals surface area contributed by atoms with Crippen molar-refractivity contribution < 1.29 is 50.7 Å². The molecule has 0 heterocycles. The zero-order valence-corrected chi connectivity index (χ0v) is 34.8. The van der Waals surface area contributed by atoms with Crippen LogP contribution in [0.3, 0.4) is 0 Å². The van der Waals surface area contributed by atoms with Crippen LogP contribution < -0.4 is 0 Å². The summed E-state index contributed by atoms with van der Waals surface area (Å²) in [4.78, 5) is 18.0. The van der Waals surface area contributed by atoms with Gasteiger partial charge in [0.05, 0.1) is 90.2 Å². The minimum absolute atomic E-state index is 0.0263. The predicted molar refractivity (Wildman–Crippen MR) is 214 cm³/mol. The van der Waals surface area contributed by atoms with Gasteiger partial charge in [0.15, 0.2) is 0 Å². The number of methoxy groups -OCH3 is 1. The van der Waals surface area contributed by atoms with Gasteiger partial charge < -0.3 is 33.3 Å². The van der Waals surface area contributed by atoms with Crippen molar-refractivity contribution in [1.29, 1.82) is 0 Å². The Morgan fingerprint density at radius 2 is 1.07 bits per heavy atom. The fourth-order valence-electron chi connectivity index (χ4n) is 6.28. The zero-order valence-electron chi connectivity index (χ0n) is 34.0. The number of benzene rings is 3. The Labute approximate surface area is 332 Å². The minimum atomic E-state index is -3.79. The largest absolute Gasteiger partial charge is 0.465 e. The van der Waals surface area contributed by atoms with Crippen LogP contribution in [-0.4, -0.2) is 106 Å². The second kappa shape index (κ2) is 21.7. The number of fused-ring (bicyclic) bond motifs is 1. The number of esters is 1. The highest BCUT2D eigenvalue weighted by molar-refractivity contribution is 7.86. The van der Waals surface area contributed by atoms with Crippen LogP contribution in [0.1, 0.15) is 84.3 Å². The van der Waals surface area contributed by atoms with Gasteiger partial charge in [0.1, 0.15) is 12.3 Å². The van der Waals surface area contributed by atoms with Crippen molar-refractivity contribution >= 4 is 21.8 Å². The van der Waals surface area contributed by atoms with Crippen LogP contribution in [0, 0.1) is 13.8 Å². The standard InChI is InChI=1S/C43H59NO11S/c1-32-8-14-36(15-9-32)56(46,47)55-29-27-53-25-23-51-21-19-49-18-20-50-22-24-52-26-28-54-44-40(34-10-12-35(13-11-34)41(45)48-7)37-31-39-38(30-33(37)2)42(3,4)16-17-43(39,5)6/h8-15,30-31H,16-29H2,1-7H3/b44-40-. The molecule has 0 fully saturated rings. The predicted octanol–water partition coefficient (Wildman–Crippen LogP) is 6.70. The minimum Gasteiger partial charge on any atom is -0.465 e. The van der Waals surface area contributed by atoms with E-state index in [2.05, 4.69) is 51.9 Å². The molecule has 0 spiro atoms. The summed E-state index contributed by atoms with van der Waals surface area (Å²) in [5, 5.41) is 4.61. The van der Waals surface area contributed by atoms with Crippen LogP contribution >= 0.6 is 0 Å². The van der Waals surface area contributed by atoms with Gasteiger partial charge in [0.2, 0.25) is 0 Å². The fourth-order valence-corrected chi connectivity index (χ4v) is 7.17. The third-order valence-corrected chi connectivity index (χ3v) is 11.1. The number of hydrogen-bond donors (Lipinski definition) is 0. The molecular formula is C43H59NO11S. The molecule has 0 aromatic heterocycles. The van der Waals surface area contributed by atoms with Crippen LogP contribution in [0.15, 0.2) is 70.7 Å². The number of hydrogen-bond acceptors (Lipinski definition) is 12. The molecule has 0 radical (unpaired) electrons. The van der Waals surface area contributed by atoms with Gasteiger partial charge in [0, 0.05) is 11.1 Å². The molecule has 0 saturated carbocycles. The van der Waals surface area contributed by atoms with Gasteiger partial charge in [-0.05, 0) is 84.5 Å². The molecule has 56 heavy (non-hydrogen) atoms. The van der Waals surface area contributed by atoms with Gasteiger partial charge in [0.25, 0.3) is 10.1 Å². The highest BCUT2D eigenvalue weighted by Gasteiger charge is 2.38. The summed E-state index contributed by atoms with van der Waals surface area (Å²) in [6.07, 6.45) is 2.23. The lowest BCUT2D eigenvalue weighted by molar-refractivity contribution is -0.0174. The van der Waals surface area contributed by atoms with Crippen LogP contribution in [0.5, 0.6) is 0 Å². The summed E-state index contributed by atoms with van der Waals surface area (Å²) in [5.74, 6) is -0.394. The molecule has 3 aromatic carbocycles. The van der Waals surface area contributed by atoms with E-state index in [1.54, 1.807) is 24.3 Å². The van der Waals surface area contributed by atoms with Crippen molar-refractivity contribution in [2.75, 3.05) is 86.4 Å². The average molecular weight is 798 g/mol. The number of rotatable bonds is 24. The van der Waals surface area contributed by atoms with Gasteiger partial charge in [-0.2, -0.15) is 8.42 Å². The van der Waals surface area contributed by atoms with Crippen molar-refractivity contribution in [3.05, 3.63) is 99.6 Å². The Kier molecular flexibility index (Phi) is 17.5. The number of aryl methyl sites for hydroxylation is 2. The van der Waals surface area contributed by atoms with Crippen LogP contribution in [0.2, 0.25) is 0 Å². The fraction of sp³-hybridized carbons (Fsp3) is 0.535. The molecular weight excluding hydrogens is 739 g/mol. The lowest BCUT2D eigenvalue weighted by Crippen LogP contribution is -2.34. The molecule has 0 bridgehead atoms. The smallest absolute Gasteiger partial charge is 0.337 e. The van der Waals surface area contributed by atoms with E-state index in [0.717, 1.165) is 35.1 Å². The molecule has 0 aliphatic heterocycles. The highest BCUT2D eigenvalue weighted by atomic mass is 32.2. The van der Waals surface area contributed by atoms with Crippen molar-refractivity contribution in [3.8, 4) is 0 Å². The summed E-state index contributed by atoms with van der Waals surface area (Å²) in [5.41, 5.74) is 7.87. The second-order valence-corrected chi connectivity index (χ2v) is 16.6. The van der Waals surface area contributed by atoms with Crippen LogP contribution in [-0.2, 0) is 58.4 Å². The van der Waals surface area contributed by atoms with E-state index >= 15 is 0 Å². The number of carbonyl (C=O) groups excluding carboxylic acids is 1. The first-order valence-corrected chi connectivity index (χ1v) is 20.6. The summed E-state index contributed by atoms with van der Waals surface area (Å²) in [7, 11) is -2.43. The molecule has 3 aromatic rings. The van der Waals surface area contributed by atoms with Gasteiger partial charge in [-0.3, -0.25) is 4.18 Å². The second-order valence-electron chi connectivity index (χ2n) is 15.0. The first-order valence-electron chi connectivity index (χ1n) is 19.1. The first-order chi connectivity index (χ1) is 26.7. The Balaban J connectivity index is 1.10. The number of nitrogens with zero attached hydrogens (tertiary/aromatic N) is 1. The third kappa shape index (κ3) is 13.5. The van der Waals surface area contributed by atoms with Crippen molar-refractivity contribution in [1.82, 2.24) is 0 Å². The van der Waals surface area contributed by atoms with E-state index < -0.39 is 16.1 Å². The van der Waals surface area contributed by atoms with Crippen LogP contribution in [0.4, 0.5) is 0 Å². The van der Waals surface area contributed by atoms with Crippen molar-refractivity contribution in [3.63, 3.8) is 0 Å². The average Bonchev–Trinajstić information content (AvgIpc) is 3.17. The van der Waals surface area contributed by atoms with E-state index in [4.69, 9.17) is 37.4 Å². The molecule has 13 heteroatoms. The molecule has 0 N–H and O–H groups in total. The monoisotopic (exact) mass is 797 g/mol. The van der Waals surface area contributed by atoms with E-state index in [1.165, 1.54) is 30.4 Å². The number of carbonyl (C=O) groups is 1. The van der Waals surface area contributed by atoms with E-state index in [-0.39, 0.29) is 35.5 Å². The molecule has 4 rings (SSSR count). The number of oxime groups is 1. The molecule has 0 saturated heterocycles. The molecule has 1 aliphatic rings. The van der Waals surface area contributed by atoms with Crippen LogP contribution in [0.25, 0.3) is 0 Å². The van der Waals surface area contributed by atoms with Gasteiger partial charge in [-0.1, -0.05) is 68.7 Å². The maximum absolute atomic E-state index is 12.2. The van der Waals surface area contributed by atoms with E-state index in [0.29, 0.717) is 70.7 Å². The molecule has 0 unspecified atom stereocenters. The summed E-state index contributed by atoms with van der Waals surface area (Å²) in [6, 6.07) is 18.3. The zero-order chi connectivity index (χ0) is 40.6. The third-order valence-electron chi connectivity index (χ3n) is 9.77. The number of ether oxygens (including phenoxy) is 6. The summed E-state index contributed by atoms with van der Waals surface area (Å²) < 4.78 is 61.9. The van der Waals surface area contributed by atoms with Gasteiger partial charge in [-0.25, -0.2) is 4.79 Å². The lowest BCUT2D eigenvalue weighted by Gasteiger charge is -2.42. The maximum Gasteiger partial charge on any atom is 0.337 e. The summed E-state index contributed by atoms with van der Waals surface area (Å²) >= 11 is 0. The highest BCUT2D eigenvalue weighted by Crippen LogP contribution is 2.46. The van der Waals surface area contributed by atoms with E-state index in [1.807, 2.05) is 19.1 Å². The quantitative estimate of drug-likeness (QED) is 0.0315. The summed E-state index contributed by atoms with van der Waals surface area (Å²) in [6.45, 7) is 17.0. The molecule has 12 nitrogen and oxygen atoms in total. The Morgan fingerprint density at radius 3 is 1.57 bits per heavy atom. The first kappa shape index (κ1) is 45.0. The molecule has 308 valence electrons. The van der Waals surface area contributed by atoms with E-state index in [9.17, 15) is 13.2 Å². The molecule has 0 amide bonds. The topological polar surface area (TPSA) is 137 Å². The lowest BCUT2D eigenvalue weighted by atomic mass is 9.62. The SMILES string of the molecule is COC(=O)c1ccc(/C(=N/OCCOCCOCCOCCOCCOCCOS(=O)(=O)c2ccc(C)cc2)c2cc3c(cc2C)C(C)(C)CCC3(C)C)cc1.